The van der Waals surface area contributed by atoms with E-state index < -0.39 is 28.7 Å². The van der Waals surface area contributed by atoms with Crippen LogP contribution in [0.3, 0.4) is 0 Å². The van der Waals surface area contributed by atoms with Crippen LogP contribution in [0.2, 0.25) is 0 Å². The normalized spacial score (nSPS) is 14.9. The third kappa shape index (κ3) is 7.39. The Kier molecular flexibility index (Phi) is 7.08. The first kappa shape index (κ1) is 17.1. The van der Waals surface area contributed by atoms with Crippen molar-refractivity contribution in [3.8, 4) is 0 Å². The maximum Gasteiger partial charge on any atom is 0.327 e. The molecule has 0 fully saturated rings. The van der Waals surface area contributed by atoms with Gasteiger partial charge in [-0.3, -0.25) is 9.00 Å². The number of hydrogen-bond donors (Lipinski definition) is 2. The summed E-state index contributed by atoms with van der Waals surface area (Å²) in [5, 5.41) is 11.1. The fraction of sp³-hybridized carbons (Fsp3) is 0.818. The van der Waals surface area contributed by atoms with Crippen molar-refractivity contribution in [1.29, 1.82) is 0 Å². The number of aliphatic carboxylic acids is 1. The first-order chi connectivity index (χ1) is 8.18. The molecule has 0 radical (unpaired) electrons. The lowest BCUT2D eigenvalue weighted by molar-refractivity contribution is -0.140. The van der Waals surface area contributed by atoms with E-state index in [1.807, 2.05) is 13.8 Å². The van der Waals surface area contributed by atoms with E-state index in [-0.39, 0.29) is 11.4 Å². The van der Waals surface area contributed by atoms with Gasteiger partial charge in [-0.15, -0.1) is 0 Å². The van der Waals surface area contributed by atoms with Crippen molar-refractivity contribution in [2.24, 2.45) is 0 Å². The van der Waals surface area contributed by atoms with Crippen LogP contribution in [-0.4, -0.2) is 51.5 Å². The number of rotatable bonds is 8. The van der Waals surface area contributed by atoms with E-state index >= 15 is 0 Å². The van der Waals surface area contributed by atoms with Crippen LogP contribution in [-0.2, 0) is 25.1 Å². The number of hydrogen-bond acceptors (Lipinski definition) is 4. The van der Waals surface area contributed by atoms with Crippen LogP contribution in [0.4, 0.5) is 0 Å². The lowest BCUT2D eigenvalue weighted by atomic mass is 10.1. The molecule has 0 aliphatic carbocycles. The van der Waals surface area contributed by atoms with Gasteiger partial charge in [-0.25, -0.2) is 4.79 Å². The average Bonchev–Trinajstić information content (AvgIpc) is 2.25. The van der Waals surface area contributed by atoms with E-state index in [1.54, 1.807) is 7.11 Å². The number of carbonyl (C=O) groups is 2. The molecule has 0 heterocycles. The Balaban J connectivity index is 4.27. The van der Waals surface area contributed by atoms with Crippen LogP contribution in [0, 0.1) is 0 Å². The zero-order chi connectivity index (χ0) is 14.3. The standard InChI is InChI=1S/C11H21NO5S/c1-8(13)12-9(10(14)15)7-18(16)6-5-11(2,3)17-4/h9H,5-7H2,1-4H3,(H,12,13)(H,14,15). The van der Waals surface area contributed by atoms with Gasteiger partial charge in [0.2, 0.25) is 5.91 Å². The molecule has 0 saturated carbocycles. The molecule has 1 amide bonds. The minimum absolute atomic E-state index is 0.0886. The molecular weight excluding hydrogens is 258 g/mol. The van der Waals surface area contributed by atoms with Crippen molar-refractivity contribution >= 4 is 22.7 Å². The third-order valence-corrected chi connectivity index (χ3v) is 3.88. The van der Waals surface area contributed by atoms with Gasteiger partial charge in [0.1, 0.15) is 6.04 Å². The molecule has 0 saturated heterocycles. The fourth-order valence-electron chi connectivity index (χ4n) is 1.15. The zero-order valence-corrected chi connectivity index (χ0v) is 12.0. The van der Waals surface area contributed by atoms with Gasteiger partial charge < -0.3 is 15.2 Å². The highest BCUT2D eigenvalue weighted by Gasteiger charge is 2.23. The maximum absolute atomic E-state index is 11.7. The van der Waals surface area contributed by atoms with Gasteiger partial charge in [-0.1, -0.05) is 0 Å². The second-order valence-corrected chi connectivity index (χ2v) is 6.24. The van der Waals surface area contributed by atoms with Crippen LogP contribution in [0.1, 0.15) is 27.2 Å². The molecule has 0 bridgehead atoms. The van der Waals surface area contributed by atoms with Crippen molar-refractivity contribution in [2.45, 2.75) is 38.8 Å². The number of methoxy groups -OCH3 is 1. The highest BCUT2D eigenvalue weighted by Crippen LogP contribution is 2.13. The first-order valence-corrected chi connectivity index (χ1v) is 7.07. The number of carbonyl (C=O) groups excluding carboxylic acids is 1. The molecule has 0 rings (SSSR count). The topological polar surface area (TPSA) is 92.7 Å². The van der Waals surface area contributed by atoms with E-state index in [0.29, 0.717) is 12.2 Å². The monoisotopic (exact) mass is 279 g/mol. The Morgan fingerprint density at radius 3 is 2.39 bits per heavy atom. The van der Waals surface area contributed by atoms with Crippen molar-refractivity contribution in [3.05, 3.63) is 0 Å². The molecule has 2 atom stereocenters. The van der Waals surface area contributed by atoms with Crippen LogP contribution < -0.4 is 5.32 Å². The molecule has 0 aliphatic heterocycles. The van der Waals surface area contributed by atoms with E-state index in [9.17, 15) is 13.8 Å². The van der Waals surface area contributed by atoms with E-state index in [0.717, 1.165) is 0 Å². The number of carboxylic acids is 1. The number of ether oxygens (including phenoxy) is 1. The second-order valence-electron chi connectivity index (χ2n) is 4.62. The minimum Gasteiger partial charge on any atom is -0.480 e. The van der Waals surface area contributed by atoms with Gasteiger partial charge in [0.05, 0.1) is 11.4 Å². The number of carboxylic acid groups (broad SMARTS) is 1. The summed E-state index contributed by atoms with van der Waals surface area (Å²) < 4.78 is 16.9. The Hall–Kier alpha value is -0.950. The average molecular weight is 279 g/mol. The highest BCUT2D eigenvalue weighted by atomic mass is 32.2. The van der Waals surface area contributed by atoms with Crippen molar-refractivity contribution in [2.75, 3.05) is 18.6 Å². The summed E-state index contributed by atoms with van der Waals surface area (Å²) in [4.78, 5) is 21.7. The minimum atomic E-state index is -1.31. The summed E-state index contributed by atoms with van der Waals surface area (Å²) in [6.45, 7) is 4.96. The zero-order valence-electron chi connectivity index (χ0n) is 11.2. The third-order valence-electron chi connectivity index (χ3n) is 2.51. The van der Waals surface area contributed by atoms with Gasteiger partial charge in [-0.2, -0.15) is 0 Å². The van der Waals surface area contributed by atoms with E-state index in [4.69, 9.17) is 9.84 Å². The maximum atomic E-state index is 11.7. The summed E-state index contributed by atoms with van der Waals surface area (Å²) in [6.07, 6.45) is 0.558. The van der Waals surface area contributed by atoms with Gasteiger partial charge in [-0.05, 0) is 20.3 Å². The van der Waals surface area contributed by atoms with Crippen LogP contribution in [0.5, 0.6) is 0 Å². The summed E-state index contributed by atoms with van der Waals surface area (Å²) in [5.74, 6) is -1.37. The summed E-state index contributed by atoms with van der Waals surface area (Å²) in [5.41, 5.74) is -0.387. The molecule has 2 unspecified atom stereocenters. The van der Waals surface area contributed by atoms with Crippen molar-refractivity contribution in [3.63, 3.8) is 0 Å². The largest absolute Gasteiger partial charge is 0.480 e. The van der Waals surface area contributed by atoms with Crippen LogP contribution >= 0.6 is 0 Å². The molecule has 0 aromatic carbocycles. The molecule has 2 N–H and O–H groups in total. The summed E-state index contributed by atoms with van der Waals surface area (Å²) in [7, 11) is 0.259. The molecule has 0 spiro atoms. The summed E-state index contributed by atoms with van der Waals surface area (Å²) in [6, 6.07) is -1.10. The van der Waals surface area contributed by atoms with Crippen molar-refractivity contribution in [1.82, 2.24) is 5.32 Å². The van der Waals surface area contributed by atoms with Gasteiger partial charge >= 0.3 is 5.97 Å². The van der Waals surface area contributed by atoms with Gasteiger partial charge in [0.15, 0.2) is 0 Å². The first-order valence-electron chi connectivity index (χ1n) is 5.58. The predicted octanol–water partition coefficient (Wildman–Crippen LogP) is 0.140. The molecular formula is C11H21NO5S. The quantitative estimate of drug-likeness (QED) is 0.659. The molecule has 7 heteroatoms. The number of amides is 1. The smallest absolute Gasteiger partial charge is 0.327 e. The van der Waals surface area contributed by atoms with Gasteiger partial charge in [0, 0.05) is 30.6 Å². The fourth-order valence-corrected chi connectivity index (χ4v) is 2.63. The van der Waals surface area contributed by atoms with E-state index in [1.165, 1.54) is 6.92 Å². The molecule has 0 aliphatic rings. The predicted molar refractivity (Wildman–Crippen MR) is 68.8 cm³/mol. The lowest BCUT2D eigenvalue weighted by Gasteiger charge is -2.22. The van der Waals surface area contributed by atoms with Gasteiger partial charge in [0.25, 0.3) is 0 Å². The van der Waals surface area contributed by atoms with Crippen LogP contribution in [0.15, 0.2) is 0 Å². The molecule has 0 aromatic heterocycles. The Bertz CT molecular complexity index is 329. The summed E-state index contributed by atoms with van der Waals surface area (Å²) >= 11 is 0. The van der Waals surface area contributed by atoms with E-state index in [2.05, 4.69) is 5.32 Å². The Morgan fingerprint density at radius 2 is 2.00 bits per heavy atom. The second kappa shape index (κ2) is 7.48. The highest BCUT2D eigenvalue weighted by molar-refractivity contribution is 7.85. The Morgan fingerprint density at radius 1 is 1.44 bits per heavy atom. The van der Waals surface area contributed by atoms with Crippen molar-refractivity contribution < 1.29 is 23.6 Å². The molecule has 106 valence electrons. The SMILES string of the molecule is COC(C)(C)CCS(=O)CC(NC(C)=O)C(=O)O. The lowest BCUT2D eigenvalue weighted by Crippen LogP contribution is -2.44. The molecule has 0 aromatic rings. The van der Waals surface area contributed by atoms with Crippen LogP contribution in [0.25, 0.3) is 0 Å². The Labute approximate surface area is 110 Å². The molecule has 6 nitrogen and oxygen atoms in total. The number of nitrogens with one attached hydrogen (secondary N) is 1. The molecule has 18 heavy (non-hydrogen) atoms.